The molecular weight excluding hydrogens is 402 g/mol. The first-order chi connectivity index (χ1) is 15.0. The minimum atomic E-state index is -1.18. The number of fused-ring (bicyclic) bond motifs is 2. The number of anilines is 2. The van der Waals surface area contributed by atoms with Crippen molar-refractivity contribution in [1.29, 1.82) is 0 Å². The number of nitrogens with zero attached hydrogens (tertiary/aromatic N) is 5. The average Bonchev–Trinajstić information content (AvgIpc) is 3.34. The first kappa shape index (κ1) is 19.4. The van der Waals surface area contributed by atoms with Gasteiger partial charge in [0.25, 0.3) is 0 Å². The van der Waals surface area contributed by atoms with Gasteiger partial charge in [-0.25, -0.2) is 19.5 Å². The maximum absolute atomic E-state index is 10.6. The largest absolute Gasteiger partial charge is 0.491 e. The highest BCUT2D eigenvalue weighted by molar-refractivity contribution is 5.81. The topological polar surface area (TPSA) is 153 Å². The van der Waals surface area contributed by atoms with Crippen LogP contribution >= 0.6 is 0 Å². The standard InChI is InChI=1S/C20H21N7O4/c1-22-15-5-3-10-2-4-11(6-12(10)26-15)30-8-14-16(28)17(29)18(31-14)13-7-23-20-19(21)24-9-25-27(13)20/h2-7,9,14,16-18,28-29H,8H2,1H3,(H,22,26)(H2,21,24,25)/t14-,16-,17-,18+/m1/s1. The number of pyridine rings is 1. The van der Waals surface area contributed by atoms with E-state index in [0.717, 1.165) is 16.7 Å². The molecule has 1 saturated heterocycles. The number of benzene rings is 1. The first-order valence-electron chi connectivity index (χ1n) is 9.72. The van der Waals surface area contributed by atoms with Crippen molar-refractivity contribution in [2.24, 2.45) is 0 Å². The van der Waals surface area contributed by atoms with Crippen molar-refractivity contribution >= 4 is 28.2 Å². The Hall–Kier alpha value is -3.54. The number of imidazole rings is 1. The molecule has 4 atom stereocenters. The molecule has 5 rings (SSSR count). The smallest absolute Gasteiger partial charge is 0.196 e. The van der Waals surface area contributed by atoms with E-state index in [-0.39, 0.29) is 12.4 Å². The number of aliphatic hydroxyl groups is 2. The Morgan fingerprint density at radius 1 is 1.19 bits per heavy atom. The lowest BCUT2D eigenvalue weighted by atomic mass is 10.1. The summed E-state index contributed by atoms with van der Waals surface area (Å²) in [5, 5.41) is 29.2. The van der Waals surface area contributed by atoms with E-state index in [1.54, 1.807) is 7.05 Å². The molecule has 3 aromatic heterocycles. The van der Waals surface area contributed by atoms with Gasteiger partial charge in [0.2, 0.25) is 0 Å². The molecule has 1 aliphatic rings. The molecule has 0 bridgehead atoms. The van der Waals surface area contributed by atoms with Crippen molar-refractivity contribution in [3.8, 4) is 5.75 Å². The van der Waals surface area contributed by atoms with Crippen LogP contribution in [0, 0.1) is 0 Å². The summed E-state index contributed by atoms with van der Waals surface area (Å²) in [5.41, 5.74) is 7.41. The Labute approximate surface area is 176 Å². The fourth-order valence-electron chi connectivity index (χ4n) is 3.68. The van der Waals surface area contributed by atoms with Crippen molar-refractivity contribution < 1.29 is 19.7 Å². The van der Waals surface area contributed by atoms with Crippen LogP contribution in [0.5, 0.6) is 5.75 Å². The number of hydrogen-bond acceptors (Lipinski definition) is 10. The summed E-state index contributed by atoms with van der Waals surface area (Å²) < 4.78 is 13.2. The summed E-state index contributed by atoms with van der Waals surface area (Å²) in [6, 6.07) is 9.40. The fourth-order valence-corrected chi connectivity index (χ4v) is 3.68. The van der Waals surface area contributed by atoms with E-state index in [1.807, 2.05) is 30.3 Å². The molecule has 1 aliphatic heterocycles. The molecule has 0 unspecified atom stereocenters. The van der Waals surface area contributed by atoms with Crippen LogP contribution in [0.3, 0.4) is 0 Å². The zero-order chi connectivity index (χ0) is 21.5. The molecule has 11 heteroatoms. The van der Waals surface area contributed by atoms with Gasteiger partial charge in [0, 0.05) is 18.5 Å². The van der Waals surface area contributed by atoms with Gasteiger partial charge in [-0.1, -0.05) is 0 Å². The van der Waals surface area contributed by atoms with Crippen LogP contribution in [0.25, 0.3) is 16.6 Å². The molecule has 0 aliphatic carbocycles. The molecule has 0 spiro atoms. The fraction of sp³-hybridized carbons (Fsp3) is 0.300. The van der Waals surface area contributed by atoms with Crippen LogP contribution in [-0.4, -0.2) is 66.7 Å². The zero-order valence-corrected chi connectivity index (χ0v) is 16.6. The molecule has 5 N–H and O–H groups in total. The molecular formula is C20H21N7O4. The van der Waals surface area contributed by atoms with E-state index in [0.29, 0.717) is 17.1 Å². The number of nitrogens with two attached hydrogens (primary N) is 1. The van der Waals surface area contributed by atoms with Gasteiger partial charge in [-0.3, -0.25) is 0 Å². The number of rotatable bonds is 5. The van der Waals surface area contributed by atoms with E-state index in [4.69, 9.17) is 15.2 Å². The summed E-state index contributed by atoms with van der Waals surface area (Å²) in [6.45, 7) is 0.0415. The van der Waals surface area contributed by atoms with Gasteiger partial charge in [-0.2, -0.15) is 5.10 Å². The number of nitrogens with one attached hydrogen (secondary N) is 1. The molecule has 0 radical (unpaired) electrons. The van der Waals surface area contributed by atoms with Gasteiger partial charge in [-0.15, -0.1) is 0 Å². The third kappa shape index (κ3) is 3.38. The van der Waals surface area contributed by atoms with E-state index in [9.17, 15) is 10.2 Å². The van der Waals surface area contributed by atoms with Crippen molar-refractivity contribution in [3.63, 3.8) is 0 Å². The van der Waals surface area contributed by atoms with Crippen LogP contribution in [0.4, 0.5) is 11.6 Å². The Morgan fingerprint density at radius 2 is 2.03 bits per heavy atom. The van der Waals surface area contributed by atoms with E-state index >= 15 is 0 Å². The molecule has 31 heavy (non-hydrogen) atoms. The highest BCUT2D eigenvalue weighted by atomic mass is 16.6. The monoisotopic (exact) mass is 423 g/mol. The number of ether oxygens (including phenoxy) is 2. The van der Waals surface area contributed by atoms with Crippen molar-refractivity contribution in [3.05, 3.63) is 48.5 Å². The van der Waals surface area contributed by atoms with Crippen molar-refractivity contribution in [2.75, 3.05) is 24.7 Å². The second-order valence-electron chi connectivity index (χ2n) is 7.25. The predicted octanol–water partition coefficient (Wildman–Crippen LogP) is 0.537. The van der Waals surface area contributed by atoms with Crippen LogP contribution in [-0.2, 0) is 4.74 Å². The van der Waals surface area contributed by atoms with Crippen LogP contribution in [0.15, 0.2) is 42.9 Å². The third-order valence-corrected chi connectivity index (χ3v) is 5.35. The normalized spacial score (nSPS) is 23.5. The quantitative estimate of drug-likeness (QED) is 0.358. The molecule has 4 aromatic rings. The summed E-state index contributed by atoms with van der Waals surface area (Å²) in [4.78, 5) is 12.6. The van der Waals surface area contributed by atoms with E-state index in [1.165, 1.54) is 17.0 Å². The van der Waals surface area contributed by atoms with E-state index < -0.39 is 24.4 Å². The lowest BCUT2D eigenvalue weighted by molar-refractivity contribution is -0.0187. The Morgan fingerprint density at radius 3 is 2.87 bits per heavy atom. The van der Waals surface area contributed by atoms with Crippen molar-refractivity contribution in [1.82, 2.24) is 24.6 Å². The van der Waals surface area contributed by atoms with Crippen LogP contribution < -0.4 is 15.8 Å². The average molecular weight is 423 g/mol. The molecule has 11 nitrogen and oxygen atoms in total. The molecule has 1 fully saturated rings. The first-order valence-corrected chi connectivity index (χ1v) is 9.72. The maximum Gasteiger partial charge on any atom is 0.196 e. The number of nitrogen functional groups attached to an aromatic ring is 1. The summed E-state index contributed by atoms with van der Waals surface area (Å²) in [6.07, 6.45) is -1.13. The third-order valence-electron chi connectivity index (χ3n) is 5.35. The second kappa shape index (κ2) is 7.61. The molecule has 0 amide bonds. The SMILES string of the molecule is CNc1ccc2ccc(OC[C@H]3O[C@@H](c4cnc5c(N)ncnn45)[C@H](O)[C@@H]3O)cc2n1. The van der Waals surface area contributed by atoms with Crippen LogP contribution in [0.2, 0.25) is 0 Å². The van der Waals surface area contributed by atoms with Gasteiger partial charge in [0.05, 0.1) is 17.4 Å². The number of aromatic nitrogens is 5. The lowest BCUT2D eigenvalue weighted by Gasteiger charge is -2.16. The van der Waals surface area contributed by atoms with Gasteiger partial charge in [-0.05, 0) is 24.3 Å². The van der Waals surface area contributed by atoms with Crippen molar-refractivity contribution in [2.45, 2.75) is 24.4 Å². The highest BCUT2D eigenvalue weighted by Gasteiger charge is 2.45. The molecule has 160 valence electrons. The predicted molar refractivity (Wildman–Crippen MR) is 112 cm³/mol. The molecule has 4 heterocycles. The molecule has 1 aromatic carbocycles. The Kier molecular flexibility index (Phi) is 4.77. The minimum Gasteiger partial charge on any atom is -0.491 e. The zero-order valence-electron chi connectivity index (χ0n) is 16.6. The van der Waals surface area contributed by atoms with Gasteiger partial charge in [0.15, 0.2) is 11.5 Å². The highest BCUT2D eigenvalue weighted by Crippen LogP contribution is 2.34. The number of hydrogen-bond donors (Lipinski definition) is 4. The number of aliphatic hydroxyl groups excluding tert-OH is 2. The Bertz CT molecular complexity index is 1250. The van der Waals surface area contributed by atoms with Crippen LogP contribution in [0.1, 0.15) is 11.8 Å². The van der Waals surface area contributed by atoms with Gasteiger partial charge >= 0.3 is 0 Å². The second-order valence-corrected chi connectivity index (χ2v) is 7.25. The lowest BCUT2D eigenvalue weighted by Crippen LogP contribution is -2.34. The van der Waals surface area contributed by atoms with Gasteiger partial charge in [0.1, 0.15) is 48.9 Å². The summed E-state index contributed by atoms with van der Waals surface area (Å²) in [7, 11) is 1.80. The maximum atomic E-state index is 10.6. The van der Waals surface area contributed by atoms with E-state index in [2.05, 4.69) is 25.4 Å². The minimum absolute atomic E-state index is 0.0415. The molecule has 0 saturated carbocycles. The summed E-state index contributed by atoms with van der Waals surface area (Å²) >= 11 is 0. The summed E-state index contributed by atoms with van der Waals surface area (Å²) in [5.74, 6) is 1.54. The van der Waals surface area contributed by atoms with Gasteiger partial charge < -0.3 is 30.7 Å². The Balaban J connectivity index is 1.33.